The summed E-state index contributed by atoms with van der Waals surface area (Å²) in [6, 6.07) is 21.4. The molecule has 3 aromatic carbocycles. The topological polar surface area (TPSA) is 73.2 Å². The first-order valence-electron chi connectivity index (χ1n) is 9.35. The smallest absolute Gasteiger partial charge is 0.267 e. The van der Waals surface area contributed by atoms with Crippen LogP contribution in [0.25, 0.3) is 5.57 Å². The van der Waals surface area contributed by atoms with Crippen LogP contribution in [0.1, 0.15) is 11.1 Å². The molecule has 2 amide bonds. The molecule has 7 heteroatoms. The van der Waals surface area contributed by atoms with E-state index in [0.717, 1.165) is 5.56 Å². The molecule has 0 unspecified atom stereocenters. The third kappa shape index (κ3) is 3.91. The fourth-order valence-corrected chi connectivity index (χ4v) is 3.54. The van der Waals surface area contributed by atoms with E-state index < -0.39 is 17.6 Å². The molecule has 4 rings (SSSR count). The second-order valence-corrected chi connectivity index (χ2v) is 7.27. The number of hydrogen-bond donors (Lipinski definition) is 1. The summed E-state index contributed by atoms with van der Waals surface area (Å²) in [5.41, 5.74) is 1.44. The number of nitrogens with one attached hydrogen (secondary N) is 1. The molecule has 3 aromatic rings. The number of para-hydroxylation sites is 2. The number of hydrogen-bond acceptors (Lipinski definition) is 3. The molecule has 5 nitrogen and oxygen atoms in total. The molecule has 1 N–H and O–H groups in total. The maximum Gasteiger partial charge on any atom is 0.267 e. The number of nitrogens with zero attached hydrogens (tertiary/aromatic N) is 2. The van der Waals surface area contributed by atoms with Crippen molar-refractivity contribution in [3.8, 4) is 6.07 Å². The Hall–Kier alpha value is -3.95. The lowest BCUT2D eigenvalue weighted by Crippen LogP contribution is -2.27. The van der Waals surface area contributed by atoms with Crippen molar-refractivity contribution in [1.82, 2.24) is 0 Å². The number of nitriles is 1. The molecule has 0 fully saturated rings. The first-order valence-corrected chi connectivity index (χ1v) is 9.73. The Morgan fingerprint density at radius 2 is 1.71 bits per heavy atom. The number of rotatable bonds is 4. The zero-order valence-electron chi connectivity index (χ0n) is 16.1. The van der Waals surface area contributed by atoms with Crippen LogP contribution in [0.3, 0.4) is 0 Å². The molecule has 0 radical (unpaired) electrons. The number of carbonyl (C=O) groups is 2. The van der Waals surface area contributed by atoms with Crippen LogP contribution in [0, 0.1) is 17.1 Å². The molecule has 152 valence electrons. The van der Waals surface area contributed by atoms with E-state index in [4.69, 9.17) is 11.6 Å². The lowest BCUT2D eigenvalue weighted by molar-refractivity contribution is -0.114. The molecule has 0 atom stereocenters. The fraction of sp³-hybridized carbons (Fsp3) is 0.0417. The Bertz CT molecular complexity index is 1260. The molecule has 31 heavy (non-hydrogen) atoms. The molecule has 0 aliphatic carbocycles. The summed E-state index contributed by atoms with van der Waals surface area (Å²) in [7, 11) is 0. The van der Waals surface area contributed by atoms with Gasteiger partial charge >= 0.3 is 0 Å². The predicted octanol–water partition coefficient (Wildman–Crippen LogP) is 4.94. The van der Waals surface area contributed by atoms with Crippen LogP contribution in [0.15, 0.2) is 78.4 Å². The van der Waals surface area contributed by atoms with Crippen molar-refractivity contribution < 1.29 is 14.0 Å². The van der Waals surface area contributed by atoms with Crippen LogP contribution in [-0.2, 0) is 16.1 Å². The van der Waals surface area contributed by atoms with Crippen molar-refractivity contribution in [1.29, 1.82) is 5.26 Å². The number of fused-ring (bicyclic) bond motifs is 1. The summed E-state index contributed by atoms with van der Waals surface area (Å²) in [4.78, 5) is 27.6. The first-order chi connectivity index (χ1) is 15.0. The van der Waals surface area contributed by atoms with Gasteiger partial charge in [0.15, 0.2) is 0 Å². The van der Waals surface area contributed by atoms with Gasteiger partial charge in [-0.15, -0.1) is 0 Å². The van der Waals surface area contributed by atoms with Gasteiger partial charge in [0.05, 0.1) is 23.5 Å². The third-order valence-corrected chi connectivity index (χ3v) is 5.14. The molecule has 0 aromatic heterocycles. The molecule has 0 spiro atoms. The van der Waals surface area contributed by atoms with E-state index in [0.29, 0.717) is 16.3 Å². The Morgan fingerprint density at radius 1 is 1.03 bits per heavy atom. The number of halogens is 2. The van der Waals surface area contributed by atoms with Crippen LogP contribution in [-0.4, -0.2) is 11.8 Å². The second kappa shape index (κ2) is 8.42. The minimum Gasteiger partial charge on any atom is -0.319 e. The van der Waals surface area contributed by atoms with Crippen LogP contribution in [0.5, 0.6) is 0 Å². The van der Waals surface area contributed by atoms with E-state index >= 15 is 0 Å². The fourth-order valence-electron chi connectivity index (χ4n) is 3.42. The van der Waals surface area contributed by atoms with Crippen LogP contribution in [0.4, 0.5) is 15.8 Å². The van der Waals surface area contributed by atoms with Gasteiger partial charge in [-0.2, -0.15) is 5.26 Å². The highest BCUT2D eigenvalue weighted by Gasteiger charge is 2.36. The molecule has 0 saturated carbocycles. The van der Waals surface area contributed by atoms with Gasteiger partial charge in [-0.1, -0.05) is 54.1 Å². The van der Waals surface area contributed by atoms with Gasteiger partial charge in [0, 0.05) is 10.6 Å². The summed E-state index contributed by atoms with van der Waals surface area (Å²) in [6.45, 7) is 0.240. The Balaban J connectivity index is 1.74. The zero-order valence-corrected chi connectivity index (χ0v) is 16.9. The van der Waals surface area contributed by atoms with E-state index in [1.807, 2.05) is 6.07 Å². The van der Waals surface area contributed by atoms with Gasteiger partial charge in [-0.05, 0) is 35.9 Å². The summed E-state index contributed by atoms with van der Waals surface area (Å²) >= 11 is 5.94. The van der Waals surface area contributed by atoms with Gasteiger partial charge < -0.3 is 10.2 Å². The summed E-state index contributed by atoms with van der Waals surface area (Å²) < 4.78 is 13.9. The number of benzene rings is 3. The summed E-state index contributed by atoms with van der Waals surface area (Å²) in [6.07, 6.45) is 0. The van der Waals surface area contributed by atoms with Gasteiger partial charge in [-0.3, -0.25) is 9.59 Å². The molecule has 1 heterocycles. The average molecular weight is 432 g/mol. The van der Waals surface area contributed by atoms with Gasteiger partial charge in [-0.25, -0.2) is 4.39 Å². The van der Waals surface area contributed by atoms with Crippen LogP contribution >= 0.6 is 11.6 Å². The van der Waals surface area contributed by atoms with E-state index in [-0.39, 0.29) is 23.4 Å². The Kier molecular flexibility index (Phi) is 5.52. The van der Waals surface area contributed by atoms with Crippen molar-refractivity contribution in [2.45, 2.75) is 6.54 Å². The average Bonchev–Trinajstić information content (AvgIpc) is 3.04. The molecule has 0 bridgehead atoms. The molecule has 1 aliphatic rings. The number of carbonyl (C=O) groups excluding carboxylic acids is 2. The number of anilines is 2. The van der Waals surface area contributed by atoms with Crippen LogP contribution < -0.4 is 10.2 Å². The maximum absolute atomic E-state index is 13.9. The van der Waals surface area contributed by atoms with Crippen LogP contribution in [0.2, 0.25) is 5.02 Å². The van der Waals surface area contributed by atoms with Gasteiger partial charge in [0.1, 0.15) is 17.5 Å². The normalized spacial score (nSPS) is 14.1. The SMILES string of the molecule is N#CC(C(=O)Nc1ccccc1F)=C1C(=O)N(Cc2ccc(Cl)cc2)c2ccccc21. The van der Waals surface area contributed by atoms with Crippen molar-refractivity contribution in [3.63, 3.8) is 0 Å². The molecule has 1 aliphatic heterocycles. The van der Waals surface area contributed by atoms with Crippen molar-refractivity contribution in [3.05, 3.63) is 100 Å². The van der Waals surface area contributed by atoms with Gasteiger partial charge in [0.25, 0.3) is 11.8 Å². The van der Waals surface area contributed by atoms with E-state index in [2.05, 4.69) is 5.32 Å². The van der Waals surface area contributed by atoms with Crippen molar-refractivity contribution >= 4 is 40.4 Å². The lowest BCUT2D eigenvalue weighted by atomic mass is 10.0. The maximum atomic E-state index is 13.9. The highest BCUT2D eigenvalue weighted by molar-refractivity contribution is 6.37. The first kappa shape index (κ1) is 20.3. The predicted molar refractivity (Wildman–Crippen MR) is 117 cm³/mol. The largest absolute Gasteiger partial charge is 0.319 e. The monoisotopic (exact) mass is 431 g/mol. The standard InChI is InChI=1S/C24H15ClFN3O2/c25-16-11-9-15(10-12-16)14-29-21-8-4-1-5-17(21)22(24(29)31)18(13-27)23(30)28-20-7-3-2-6-19(20)26/h1-12H,14H2,(H,28,30). The minimum atomic E-state index is -0.848. The molecular formula is C24H15ClFN3O2. The summed E-state index contributed by atoms with van der Waals surface area (Å²) in [5, 5.41) is 12.7. The highest BCUT2D eigenvalue weighted by Crippen LogP contribution is 2.39. The molecular weight excluding hydrogens is 417 g/mol. The van der Waals surface area contributed by atoms with Crippen molar-refractivity contribution in [2.75, 3.05) is 10.2 Å². The quantitative estimate of drug-likeness (QED) is 0.469. The minimum absolute atomic E-state index is 0.0131. The van der Waals surface area contributed by atoms with Gasteiger partial charge in [0.2, 0.25) is 0 Å². The van der Waals surface area contributed by atoms with E-state index in [9.17, 15) is 19.2 Å². The molecule has 0 saturated heterocycles. The lowest BCUT2D eigenvalue weighted by Gasteiger charge is -2.17. The Labute approximate surface area is 183 Å². The van der Waals surface area contributed by atoms with Crippen molar-refractivity contribution in [2.24, 2.45) is 0 Å². The Morgan fingerprint density at radius 3 is 2.42 bits per heavy atom. The second-order valence-electron chi connectivity index (χ2n) is 6.83. The highest BCUT2D eigenvalue weighted by atomic mass is 35.5. The number of amides is 2. The van der Waals surface area contributed by atoms with E-state index in [1.165, 1.54) is 23.1 Å². The summed E-state index contributed by atoms with van der Waals surface area (Å²) in [5.74, 6) is -1.96. The third-order valence-electron chi connectivity index (χ3n) is 4.89. The zero-order chi connectivity index (χ0) is 22.0. The van der Waals surface area contributed by atoms with E-state index in [1.54, 1.807) is 54.6 Å².